The zero-order chi connectivity index (χ0) is 26.2. The first-order valence-electron chi connectivity index (χ1n) is 13.1. The summed E-state index contributed by atoms with van der Waals surface area (Å²) in [6, 6.07) is 40.1. The van der Waals surface area contributed by atoms with Gasteiger partial charge >= 0.3 is 0 Å². The Morgan fingerprint density at radius 3 is 1.46 bits per heavy atom. The molecule has 2 amide bonds. The predicted octanol–water partition coefficient (Wildman–Crippen LogP) is 2.27. The lowest BCUT2D eigenvalue weighted by Crippen LogP contribution is -3.00. The Kier molecular flexibility index (Phi) is 9.70. The van der Waals surface area contributed by atoms with Gasteiger partial charge in [0, 0.05) is 18.7 Å². The molecule has 1 fully saturated rings. The summed E-state index contributed by atoms with van der Waals surface area (Å²) >= 11 is 0. The van der Waals surface area contributed by atoms with Crippen LogP contribution in [0.3, 0.4) is 0 Å². The molecular weight excluding hydrogens is 523 g/mol. The van der Waals surface area contributed by atoms with E-state index in [0.717, 1.165) is 35.2 Å². The molecule has 0 spiro atoms. The van der Waals surface area contributed by atoms with Gasteiger partial charge < -0.3 is 22.6 Å². The van der Waals surface area contributed by atoms with Gasteiger partial charge in [-0.2, -0.15) is 0 Å². The van der Waals surface area contributed by atoms with Gasteiger partial charge in [-0.15, -0.1) is 0 Å². The summed E-state index contributed by atoms with van der Waals surface area (Å²) in [6.45, 7) is 1.40. The molecule has 1 aliphatic heterocycles. The third-order valence-corrected chi connectivity index (χ3v) is 11.0. The lowest BCUT2D eigenvalue weighted by molar-refractivity contribution is -0.128. The average Bonchev–Trinajstić information content (AvgIpc) is 3.01. The zero-order valence-electron chi connectivity index (χ0n) is 21.7. The van der Waals surface area contributed by atoms with Crippen LogP contribution in [-0.2, 0) is 4.79 Å². The highest BCUT2D eigenvalue weighted by Gasteiger charge is 2.45. The minimum atomic E-state index is -2.49. The maximum atomic E-state index is 14.1. The maximum absolute atomic E-state index is 14.1. The van der Waals surface area contributed by atoms with Crippen LogP contribution in [0.1, 0.15) is 29.6 Å². The maximum Gasteiger partial charge on any atom is 0.273 e. The molecule has 39 heavy (non-hydrogen) atoms. The molecule has 6 heteroatoms. The molecule has 0 unspecified atom stereocenters. The minimum absolute atomic E-state index is 0. The van der Waals surface area contributed by atoms with Crippen molar-refractivity contribution in [3.8, 4) is 0 Å². The molecule has 0 radical (unpaired) electrons. The molecule has 4 nitrogen and oxygen atoms in total. The molecule has 0 aliphatic carbocycles. The standard InChI is InChI=1S/C33H31N2O2P.ClH/c36-32(27-16-6-1-7-17-27)34-31(33(37)35-24-14-5-15-25-35)26-38(28-18-8-2-9-19-28,29-20-10-3-11-21-29)30-22-12-4-13-23-30;/h1-4,6-13,16-23,26H,5,14-15,24-25H2;1H. The van der Waals surface area contributed by atoms with Crippen LogP contribution >= 0.6 is 7.26 Å². The molecule has 198 valence electrons. The predicted molar refractivity (Wildman–Crippen MR) is 158 cm³/mol. The van der Waals surface area contributed by atoms with Crippen LogP contribution in [0.5, 0.6) is 0 Å². The molecule has 0 saturated carbocycles. The molecule has 1 N–H and O–H groups in total. The van der Waals surface area contributed by atoms with Gasteiger partial charge in [0.2, 0.25) is 0 Å². The van der Waals surface area contributed by atoms with Gasteiger partial charge in [-0.05, 0) is 67.8 Å². The summed E-state index contributed by atoms with van der Waals surface area (Å²) in [7, 11) is -2.49. The fourth-order valence-corrected chi connectivity index (χ4v) is 8.88. The van der Waals surface area contributed by atoms with Gasteiger partial charge in [0.1, 0.15) is 34.7 Å². The quantitative estimate of drug-likeness (QED) is 0.281. The molecule has 0 aromatic heterocycles. The Morgan fingerprint density at radius 1 is 0.615 bits per heavy atom. The van der Waals surface area contributed by atoms with E-state index in [9.17, 15) is 9.59 Å². The van der Waals surface area contributed by atoms with Crippen LogP contribution in [-0.4, -0.2) is 29.8 Å². The first-order valence-corrected chi connectivity index (χ1v) is 15.0. The van der Waals surface area contributed by atoms with Crippen molar-refractivity contribution in [1.82, 2.24) is 10.2 Å². The fraction of sp³-hybridized carbons (Fsp3) is 0.152. The van der Waals surface area contributed by atoms with E-state index in [-0.39, 0.29) is 24.2 Å². The highest BCUT2D eigenvalue weighted by Crippen LogP contribution is 2.57. The van der Waals surface area contributed by atoms with Crippen LogP contribution in [0.25, 0.3) is 0 Å². The van der Waals surface area contributed by atoms with E-state index in [1.807, 2.05) is 77.7 Å². The first-order chi connectivity index (χ1) is 18.7. The number of amides is 2. The molecule has 1 saturated heterocycles. The Balaban J connectivity index is 0.00000353. The summed E-state index contributed by atoms with van der Waals surface area (Å²) in [4.78, 5) is 29.4. The smallest absolute Gasteiger partial charge is 0.273 e. The normalized spacial score (nSPS) is 13.7. The summed E-state index contributed by atoms with van der Waals surface area (Å²) in [5, 5.41) is 6.42. The number of piperidine rings is 1. The molecule has 0 bridgehead atoms. The second-order valence-corrected chi connectivity index (χ2v) is 12.7. The largest absolute Gasteiger partial charge is 1.00 e. The van der Waals surface area contributed by atoms with E-state index in [1.54, 1.807) is 12.1 Å². The molecule has 4 aromatic rings. The van der Waals surface area contributed by atoms with Gasteiger partial charge in [0.05, 0.1) is 0 Å². The van der Waals surface area contributed by atoms with Crippen molar-refractivity contribution < 1.29 is 22.0 Å². The summed E-state index contributed by atoms with van der Waals surface area (Å²) in [5.41, 5.74) is 0.860. The SMILES string of the molecule is O=C(NC(=C[P+](c1ccccc1)(c1ccccc1)c1ccccc1)C(=O)N1CCCCC1)c1ccccc1.[Cl-]. The number of hydrogen-bond donors (Lipinski definition) is 1. The van der Waals surface area contributed by atoms with Crippen molar-refractivity contribution >= 4 is 35.0 Å². The second-order valence-electron chi connectivity index (χ2n) is 9.45. The summed E-state index contributed by atoms with van der Waals surface area (Å²) < 4.78 is 0. The number of nitrogens with zero attached hydrogens (tertiary/aromatic N) is 1. The van der Waals surface area contributed by atoms with E-state index in [1.165, 1.54) is 0 Å². The number of carbonyl (C=O) groups excluding carboxylic acids is 2. The number of nitrogens with one attached hydrogen (secondary N) is 1. The Labute approximate surface area is 237 Å². The van der Waals surface area contributed by atoms with Crippen molar-refractivity contribution in [3.63, 3.8) is 0 Å². The Hall–Kier alpha value is -3.72. The number of rotatable bonds is 7. The van der Waals surface area contributed by atoms with Crippen LogP contribution in [0, 0.1) is 0 Å². The number of likely N-dealkylation sites (tertiary alicyclic amines) is 1. The molecular formula is C33H32ClN2O2P. The van der Waals surface area contributed by atoms with Crippen LogP contribution in [0.4, 0.5) is 0 Å². The van der Waals surface area contributed by atoms with Gasteiger partial charge in [0.25, 0.3) is 11.8 Å². The molecule has 1 aliphatic rings. The molecule has 0 atom stereocenters. The highest BCUT2D eigenvalue weighted by molar-refractivity contribution is 7.98. The lowest BCUT2D eigenvalue weighted by Gasteiger charge is -2.29. The van der Waals surface area contributed by atoms with E-state index in [2.05, 4.69) is 47.5 Å². The van der Waals surface area contributed by atoms with Crippen molar-refractivity contribution in [2.24, 2.45) is 0 Å². The molecule has 1 heterocycles. The van der Waals surface area contributed by atoms with Crippen LogP contribution < -0.4 is 33.6 Å². The molecule has 5 rings (SSSR count). The van der Waals surface area contributed by atoms with Crippen molar-refractivity contribution in [2.75, 3.05) is 13.1 Å². The number of halogens is 1. The van der Waals surface area contributed by atoms with E-state index in [0.29, 0.717) is 24.4 Å². The van der Waals surface area contributed by atoms with Gasteiger partial charge in [-0.3, -0.25) is 9.59 Å². The second kappa shape index (κ2) is 13.4. The van der Waals surface area contributed by atoms with Crippen molar-refractivity contribution in [2.45, 2.75) is 19.3 Å². The van der Waals surface area contributed by atoms with Gasteiger partial charge in [-0.25, -0.2) is 0 Å². The topological polar surface area (TPSA) is 49.4 Å². The Morgan fingerprint density at radius 2 is 1.03 bits per heavy atom. The van der Waals surface area contributed by atoms with Crippen LogP contribution in [0.2, 0.25) is 0 Å². The number of carbonyl (C=O) groups is 2. The third-order valence-electron chi connectivity index (χ3n) is 6.97. The van der Waals surface area contributed by atoms with E-state index < -0.39 is 7.26 Å². The fourth-order valence-electron chi connectivity index (χ4n) is 5.05. The van der Waals surface area contributed by atoms with Crippen molar-refractivity contribution in [3.05, 3.63) is 138 Å². The average molecular weight is 555 g/mol. The van der Waals surface area contributed by atoms with Crippen molar-refractivity contribution in [1.29, 1.82) is 0 Å². The van der Waals surface area contributed by atoms with E-state index in [4.69, 9.17) is 0 Å². The first kappa shape index (κ1) is 28.3. The highest BCUT2D eigenvalue weighted by atomic mass is 35.5. The zero-order valence-corrected chi connectivity index (χ0v) is 23.4. The van der Waals surface area contributed by atoms with E-state index >= 15 is 0 Å². The Bertz CT molecular complexity index is 1290. The minimum Gasteiger partial charge on any atom is -1.00 e. The number of hydrogen-bond acceptors (Lipinski definition) is 2. The van der Waals surface area contributed by atoms with Gasteiger partial charge in [0.15, 0.2) is 0 Å². The summed E-state index contributed by atoms with van der Waals surface area (Å²) in [6.07, 6.45) is 3.07. The number of benzene rings is 4. The van der Waals surface area contributed by atoms with Gasteiger partial charge in [-0.1, -0.05) is 72.8 Å². The third kappa shape index (κ3) is 6.30. The summed E-state index contributed by atoms with van der Waals surface area (Å²) in [5.74, 6) is 1.67. The molecule has 4 aromatic carbocycles. The van der Waals surface area contributed by atoms with Crippen LogP contribution in [0.15, 0.2) is 133 Å². The lowest BCUT2D eigenvalue weighted by atomic mass is 10.1. The monoisotopic (exact) mass is 554 g/mol.